The molecule has 0 spiro atoms. The summed E-state index contributed by atoms with van der Waals surface area (Å²) in [5.41, 5.74) is 6.07. The minimum absolute atomic E-state index is 0.227. The number of hydrogen-bond donors (Lipinski definition) is 1. The molecule has 24 heavy (non-hydrogen) atoms. The number of anilines is 1. The maximum absolute atomic E-state index is 12.5. The number of amides is 1. The predicted octanol–water partition coefficient (Wildman–Crippen LogP) is 0.186. The third kappa shape index (κ3) is 4.02. The van der Waals surface area contributed by atoms with E-state index in [0.29, 0.717) is 6.42 Å². The minimum atomic E-state index is 0.227. The summed E-state index contributed by atoms with van der Waals surface area (Å²) < 4.78 is 0. The number of aromatic nitrogens is 2. The van der Waals surface area contributed by atoms with Crippen molar-refractivity contribution in [3.63, 3.8) is 0 Å². The molecule has 2 saturated heterocycles. The van der Waals surface area contributed by atoms with Crippen LogP contribution in [-0.2, 0) is 4.79 Å². The minimum Gasteiger partial charge on any atom is -0.339 e. The first-order chi connectivity index (χ1) is 11.6. The monoisotopic (exact) mass is 332 g/mol. The molecule has 1 aromatic heterocycles. The lowest BCUT2D eigenvalue weighted by atomic mass is 9.90. The van der Waals surface area contributed by atoms with Crippen molar-refractivity contribution in [2.45, 2.75) is 19.8 Å². The molecule has 3 heterocycles. The summed E-state index contributed by atoms with van der Waals surface area (Å²) in [6.07, 6.45) is 5.24. The fourth-order valence-electron chi connectivity index (χ4n) is 3.51. The molecule has 132 valence electrons. The summed E-state index contributed by atoms with van der Waals surface area (Å²) in [5.74, 6) is 1.01. The number of piperazine rings is 1. The van der Waals surface area contributed by atoms with Gasteiger partial charge < -0.3 is 20.4 Å². The molecule has 1 unspecified atom stereocenters. The van der Waals surface area contributed by atoms with Gasteiger partial charge in [-0.25, -0.2) is 9.97 Å². The zero-order chi connectivity index (χ0) is 17.0. The Kier molecular flexibility index (Phi) is 5.30. The van der Waals surface area contributed by atoms with E-state index in [1.165, 1.54) is 0 Å². The molecule has 2 aliphatic heterocycles. The average Bonchev–Trinajstić information content (AvgIpc) is 3.02. The first-order valence-corrected chi connectivity index (χ1v) is 8.82. The summed E-state index contributed by atoms with van der Waals surface area (Å²) in [5, 5.41) is 0. The van der Waals surface area contributed by atoms with Crippen LogP contribution in [0.1, 0.15) is 19.8 Å². The number of carbonyl (C=O) groups is 1. The highest BCUT2D eigenvalue weighted by Gasteiger charge is 2.32. The van der Waals surface area contributed by atoms with Gasteiger partial charge in [0.05, 0.1) is 0 Å². The van der Waals surface area contributed by atoms with Crippen molar-refractivity contribution in [2.75, 3.05) is 57.3 Å². The summed E-state index contributed by atoms with van der Waals surface area (Å²) in [7, 11) is 0. The maximum Gasteiger partial charge on any atom is 0.225 e. The highest BCUT2D eigenvalue weighted by molar-refractivity contribution is 5.76. The quantitative estimate of drug-likeness (QED) is 0.829. The average molecular weight is 332 g/mol. The number of rotatable bonds is 5. The molecule has 2 fully saturated rings. The van der Waals surface area contributed by atoms with Crippen LogP contribution in [0.4, 0.5) is 5.95 Å². The fraction of sp³-hybridized carbons (Fsp3) is 0.706. The van der Waals surface area contributed by atoms with Crippen LogP contribution >= 0.6 is 0 Å². The number of nitrogens with two attached hydrogens (primary N) is 1. The second kappa shape index (κ2) is 7.44. The number of nitrogens with zero attached hydrogens (tertiary/aromatic N) is 5. The van der Waals surface area contributed by atoms with Crippen LogP contribution in [0.25, 0.3) is 0 Å². The van der Waals surface area contributed by atoms with Gasteiger partial charge in [-0.1, -0.05) is 6.92 Å². The van der Waals surface area contributed by atoms with Gasteiger partial charge in [-0.15, -0.1) is 0 Å². The lowest BCUT2D eigenvalue weighted by Gasteiger charge is -2.35. The first-order valence-electron chi connectivity index (χ1n) is 8.82. The van der Waals surface area contributed by atoms with E-state index < -0.39 is 0 Å². The number of likely N-dealkylation sites (tertiary alicyclic amines) is 1. The lowest BCUT2D eigenvalue weighted by molar-refractivity contribution is -0.131. The highest BCUT2D eigenvalue weighted by Crippen LogP contribution is 2.28. The molecule has 1 aromatic rings. The third-order valence-corrected chi connectivity index (χ3v) is 5.24. The molecule has 0 aromatic carbocycles. The van der Waals surface area contributed by atoms with Crippen LogP contribution in [0.15, 0.2) is 18.5 Å². The molecule has 0 saturated carbocycles. The van der Waals surface area contributed by atoms with E-state index in [1.807, 2.05) is 11.0 Å². The van der Waals surface area contributed by atoms with Gasteiger partial charge in [-0.2, -0.15) is 0 Å². The smallest absolute Gasteiger partial charge is 0.225 e. The van der Waals surface area contributed by atoms with E-state index in [1.54, 1.807) is 12.4 Å². The van der Waals surface area contributed by atoms with Gasteiger partial charge in [0.15, 0.2) is 0 Å². The lowest BCUT2D eigenvalue weighted by Crippen LogP contribution is -2.49. The Labute approximate surface area is 143 Å². The van der Waals surface area contributed by atoms with Crippen LogP contribution in [0.2, 0.25) is 0 Å². The first kappa shape index (κ1) is 17.1. The Morgan fingerprint density at radius 3 is 2.54 bits per heavy atom. The van der Waals surface area contributed by atoms with E-state index in [0.717, 1.165) is 64.7 Å². The van der Waals surface area contributed by atoms with E-state index in [4.69, 9.17) is 5.73 Å². The Bertz CT molecular complexity index is 545. The van der Waals surface area contributed by atoms with E-state index in [9.17, 15) is 4.79 Å². The molecule has 1 atom stereocenters. The van der Waals surface area contributed by atoms with Gasteiger partial charge in [0.1, 0.15) is 0 Å². The Balaban J connectivity index is 1.41. The molecular weight excluding hydrogens is 304 g/mol. The standard InChI is InChI=1S/C17H28N6O/c1-17(13-18)4-8-21(14-17)7-3-15(24)22-9-11-23(12-10-22)16-19-5-2-6-20-16/h2,5-6H,3-4,7-14,18H2,1H3. The Morgan fingerprint density at radius 2 is 1.92 bits per heavy atom. The topological polar surface area (TPSA) is 78.6 Å². The van der Waals surface area contributed by atoms with Crippen molar-refractivity contribution in [3.8, 4) is 0 Å². The maximum atomic E-state index is 12.5. The highest BCUT2D eigenvalue weighted by atomic mass is 16.2. The molecule has 2 N–H and O–H groups in total. The molecule has 0 bridgehead atoms. The molecule has 7 nitrogen and oxygen atoms in total. The summed E-state index contributed by atoms with van der Waals surface area (Å²) in [4.78, 5) is 27.5. The zero-order valence-electron chi connectivity index (χ0n) is 14.5. The van der Waals surface area contributed by atoms with Crippen molar-refractivity contribution in [1.82, 2.24) is 19.8 Å². The van der Waals surface area contributed by atoms with Gasteiger partial charge in [0, 0.05) is 58.1 Å². The Morgan fingerprint density at radius 1 is 1.21 bits per heavy atom. The molecule has 2 aliphatic rings. The van der Waals surface area contributed by atoms with Gasteiger partial charge in [-0.05, 0) is 31.0 Å². The SMILES string of the molecule is CC1(CN)CCN(CCC(=O)N2CCN(c3ncccn3)CC2)C1. The summed E-state index contributed by atoms with van der Waals surface area (Å²) >= 11 is 0. The second-order valence-corrected chi connectivity index (χ2v) is 7.21. The van der Waals surface area contributed by atoms with E-state index in [-0.39, 0.29) is 11.3 Å². The van der Waals surface area contributed by atoms with Crippen LogP contribution in [0.5, 0.6) is 0 Å². The van der Waals surface area contributed by atoms with Crippen LogP contribution in [-0.4, -0.2) is 78.0 Å². The van der Waals surface area contributed by atoms with Gasteiger partial charge in [0.2, 0.25) is 11.9 Å². The Hall–Kier alpha value is -1.73. The van der Waals surface area contributed by atoms with Crippen molar-refractivity contribution in [1.29, 1.82) is 0 Å². The number of hydrogen-bond acceptors (Lipinski definition) is 6. The van der Waals surface area contributed by atoms with Crippen molar-refractivity contribution in [3.05, 3.63) is 18.5 Å². The summed E-state index contributed by atoms with van der Waals surface area (Å²) in [6, 6.07) is 1.82. The van der Waals surface area contributed by atoms with Crippen LogP contribution in [0, 0.1) is 5.41 Å². The largest absolute Gasteiger partial charge is 0.339 e. The number of carbonyl (C=O) groups excluding carboxylic acids is 1. The van der Waals surface area contributed by atoms with Gasteiger partial charge in [0.25, 0.3) is 0 Å². The van der Waals surface area contributed by atoms with Crippen molar-refractivity contribution < 1.29 is 4.79 Å². The van der Waals surface area contributed by atoms with Crippen LogP contribution < -0.4 is 10.6 Å². The fourth-order valence-corrected chi connectivity index (χ4v) is 3.51. The second-order valence-electron chi connectivity index (χ2n) is 7.21. The van der Waals surface area contributed by atoms with Crippen molar-refractivity contribution in [2.24, 2.45) is 11.1 Å². The predicted molar refractivity (Wildman–Crippen MR) is 93.7 cm³/mol. The molecule has 7 heteroatoms. The molecular formula is C17H28N6O. The van der Waals surface area contributed by atoms with Gasteiger partial charge >= 0.3 is 0 Å². The van der Waals surface area contributed by atoms with E-state index >= 15 is 0 Å². The summed E-state index contributed by atoms with van der Waals surface area (Å²) in [6.45, 7) is 8.96. The molecule has 0 aliphatic carbocycles. The van der Waals surface area contributed by atoms with E-state index in [2.05, 4.69) is 26.7 Å². The van der Waals surface area contributed by atoms with Crippen molar-refractivity contribution >= 4 is 11.9 Å². The zero-order valence-corrected chi connectivity index (χ0v) is 14.5. The third-order valence-electron chi connectivity index (χ3n) is 5.24. The molecule has 0 radical (unpaired) electrons. The van der Waals surface area contributed by atoms with Crippen LogP contribution in [0.3, 0.4) is 0 Å². The molecule has 1 amide bonds. The normalized spacial score (nSPS) is 25.2. The van der Waals surface area contributed by atoms with Gasteiger partial charge in [-0.3, -0.25) is 4.79 Å². The molecule has 3 rings (SSSR count).